The minimum Gasteiger partial charge on any atom is -0.369 e. The highest BCUT2D eigenvalue weighted by Gasteiger charge is 2.23. The highest BCUT2D eigenvalue weighted by atomic mass is 16.1. The summed E-state index contributed by atoms with van der Waals surface area (Å²) >= 11 is 0. The zero-order valence-corrected chi connectivity index (χ0v) is 11.4. The molecule has 6 nitrogen and oxygen atoms in total. The van der Waals surface area contributed by atoms with Gasteiger partial charge in [-0.2, -0.15) is 0 Å². The summed E-state index contributed by atoms with van der Waals surface area (Å²) in [5.74, 6) is 0.689. The number of guanidine groups is 1. The van der Waals surface area contributed by atoms with E-state index in [1.165, 1.54) is 0 Å². The number of nitrogens with zero attached hydrogens (tertiary/aromatic N) is 2. The van der Waals surface area contributed by atoms with Crippen LogP contribution in [-0.4, -0.2) is 57.0 Å². The van der Waals surface area contributed by atoms with Crippen LogP contribution in [0.4, 0.5) is 0 Å². The molecule has 1 atom stereocenters. The van der Waals surface area contributed by atoms with Gasteiger partial charge in [0, 0.05) is 27.2 Å². The van der Waals surface area contributed by atoms with E-state index in [1.54, 1.807) is 7.05 Å². The number of aliphatic imine (C=N–C) groups is 1. The molecule has 0 bridgehead atoms. The molecule has 0 aromatic rings. The summed E-state index contributed by atoms with van der Waals surface area (Å²) in [6.07, 6.45) is 3.04. The third-order valence-electron chi connectivity index (χ3n) is 3.31. The molecule has 6 heteroatoms. The van der Waals surface area contributed by atoms with Crippen molar-refractivity contribution < 1.29 is 4.79 Å². The van der Waals surface area contributed by atoms with Gasteiger partial charge in [0.05, 0.1) is 5.92 Å². The first-order chi connectivity index (χ1) is 8.67. The smallest absolute Gasteiger partial charge is 0.221 e. The van der Waals surface area contributed by atoms with Crippen LogP contribution in [0.3, 0.4) is 0 Å². The summed E-state index contributed by atoms with van der Waals surface area (Å²) < 4.78 is 0. The first-order valence-corrected chi connectivity index (χ1v) is 6.57. The highest BCUT2D eigenvalue weighted by molar-refractivity contribution is 5.79. The number of piperidine rings is 1. The lowest BCUT2D eigenvalue weighted by Gasteiger charge is -2.31. The van der Waals surface area contributed by atoms with Gasteiger partial charge in [-0.15, -0.1) is 0 Å². The van der Waals surface area contributed by atoms with E-state index >= 15 is 0 Å². The van der Waals surface area contributed by atoms with Crippen LogP contribution in [0, 0.1) is 5.92 Å². The zero-order valence-electron chi connectivity index (χ0n) is 11.4. The maximum absolute atomic E-state index is 11.2. The standard InChI is InChI=1S/C12H25N5O/c1-14-12(15-2)16-6-4-8-17-7-3-5-10(9-17)11(13)18/h10H,3-9H2,1-2H3,(H2,13,18)(H2,14,15,16). The van der Waals surface area contributed by atoms with Crippen molar-refractivity contribution in [2.24, 2.45) is 16.6 Å². The van der Waals surface area contributed by atoms with Crippen LogP contribution in [0.1, 0.15) is 19.3 Å². The topological polar surface area (TPSA) is 82.8 Å². The van der Waals surface area contributed by atoms with Gasteiger partial charge in [-0.25, -0.2) is 0 Å². The molecule has 0 saturated carbocycles. The SMILES string of the molecule is CN=C(NC)NCCCN1CCCC(C(N)=O)C1. The van der Waals surface area contributed by atoms with Gasteiger partial charge in [0.15, 0.2) is 5.96 Å². The molecule has 1 amide bonds. The van der Waals surface area contributed by atoms with Crippen LogP contribution in [-0.2, 0) is 4.79 Å². The molecule has 0 spiro atoms. The number of hydrogen-bond acceptors (Lipinski definition) is 3. The van der Waals surface area contributed by atoms with E-state index in [-0.39, 0.29) is 11.8 Å². The Bertz CT molecular complexity index is 292. The molecule has 1 aliphatic rings. The highest BCUT2D eigenvalue weighted by Crippen LogP contribution is 2.15. The Morgan fingerprint density at radius 1 is 1.56 bits per heavy atom. The van der Waals surface area contributed by atoms with Gasteiger partial charge >= 0.3 is 0 Å². The predicted octanol–water partition coefficient (Wildman–Crippen LogP) is -0.631. The van der Waals surface area contributed by atoms with Crippen molar-refractivity contribution in [1.82, 2.24) is 15.5 Å². The molecular weight excluding hydrogens is 230 g/mol. The van der Waals surface area contributed by atoms with Crippen molar-refractivity contribution in [3.05, 3.63) is 0 Å². The first kappa shape index (κ1) is 14.8. The normalized spacial score (nSPS) is 21.7. The molecule has 1 saturated heterocycles. The number of hydrogen-bond donors (Lipinski definition) is 3. The molecule has 0 radical (unpaired) electrons. The molecule has 0 aromatic carbocycles. The van der Waals surface area contributed by atoms with Gasteiger partial charge in [-0.3, -0.25) is 9.79 Å². The molecule has 0 aliphatic carbocycles. The van der Waals surface area contributed by atoms with Crippen LogP contribution in [0.15, 0.2) is 4.99 Å². The molecule has 1 unspecified atom stereocenters. The van der Waals surface area contributed by atoms with Gasteiger partial charge in [-0.05, 0) is 32.4 Å². The Morgan fingerprint density at radius 2 is 2.33 bits per heavy atom. The quantitative estimate of drug-likeness (QED) is 0.347. The summed E-state index contributed by atoms with van der Waals surface area (Å²) in [6.45, 7) is 3.77. The van der Waals surface area contributed by atoms with Gasteiger partial charge in [0.25, 0.3) is 0 Å². The lowest BCUT2D eigenvalue weighted by molar-refractivity contribution is -0.123. The Morgan fingerprint density at radius 3 is 2.94 bits per heavy atom. The third-order valence-corrected chi connectivity index (χ3v) is 3.31. The second kappa shape index (κ2) is 7.92. The number of nitrogens with two attached hydrogens (primary N) is 1. The lowest BCUT2D eigenvalue weighted by Crippen LogP contribution is -2.42. The van der Waals surface area contributed by atoms with E-state index in [9.17, 15) is 4.79 Å². The van der Waals surface area contributed by atoms with Crippen molar-refractivity contribution in [2.45, 2.75) is 19.3 Å². The summed E-state index contributed by atoms with van der Waals surface area (Å²) in [7, 11) is 3.60. The maximum Gasteiger partial charge on any atom is 0.221 e. The number of rotatable bonds is 5. The Kier molecular flexibility index (Phi) is 6.49. The molecule has 4 N–H and O–H groups in total. The van der Waals surface area contributed by atoms with E-state index in [1.807, 2.05) is 7.05 Å². The Balaban J connectivity index is 2.17. The van der Waals surface area contributed by atoms with E-state index < -0.39 is 0 Å². The average Bonchev–Trinajstić information content (AvgIpc) is 2.39. The summed E-state index contributed by atoms with van der Waals surface area (Å²) in [5.41, 5.74) is 5.36. The molecule has 18 heavy (non-hydrogen) atoms. The monoisotopic (exact) mass is 255 g/mol. The number of carbonyl (C=O) groups excluding carboxylic acids is 1. The van der Waals surface area contributed by atoms with E-state index in [0.29, 0.717) is 0 Å². The maximum atomic E-state index is 11.2. The summed E-state index contributed by atoms with van der Waals surface area (Å²) in [4.78, 5) is 17.5. The van der Waals surface area contributed by atoms with Gasteiger partial charge in [-0.1, -0.05) is 0 Å². The molecule has 104 valence electrons. The van der Waals surface area contributed by atoms with Crippen LogP contribution < -0.4 is 16.4 Å². The van der Waals surface area contributed by atoms with Crippen molar-refractivity contribution in [1.29, 1.82) is 0 Å². The molecule has 1 heterocycles. The zero-order chi connectivity index (χ0) is 13.4. The molecule has 1 aliphatic heterocycles. The van der Waals surface area contributed by atoms with Crippen molar-refractivity contribution in [3.8, 4) is 0 Å². The fraction of sp³-hybridized carbons (Fsp3) is 0.833. The number of likely N-dealkylation sites (tertiary alicyclic amines) is 1. The number of primary amides is 1. The minimum absolute atomic E-state index is 0.0387. The fourth-order valence-corrected chi connectivity index (χ4v) is 2.28. The van der Waals surface area contributed by atoms with Crippen molar-refractivity contribution in [3.63, 3.8) is 0 Å². The van der Waals surface area contributed by atoms with Gasteiger partial charge in [0.1, 0.15) is 0 Å². The van der Waals surface area contributed by atoms with Crippen LogP contribution in [0.2, 0.25) is 0 Å². The number of carbonyl (C=O) groups is 1. The second-order valence-corrected chi connectivity index (χ2v) is 4.64. The first-order valence-electron chi connectivity index (χ1n) is 6.57. The van der Waals surface area contributed by atoms with Gasteiger partial charge in [0.2, 0.25) is 5.91 Å². The predicted molar refractivity (Wildman–Crippen MR) is 73.4 cm³/mol. The van der Waals surface area contributed by atoms with Crippen LogP contribution >= 0.6 is 0 Å². The number of amides is 1. The second-order valence-electron chi connectivity index (χ2n) is 4.64. The van der Waals surface area contributed by atoms with Crippen LogP contribution in [0.5, 0.6) is 0 Å². The van der Waals surface area contributed by atoms with Crippen molar-refractivity contribution in [2.75, 3.05) is 40.3 Å². The number of nitrogens with one attached hydrogen (secondary N) is 2. The third kappa shape index (κ3) is 4.91. The lowest BCUT2D eigenvalue weighted by atomic mass is 9.97. The molecular formula is C12H25N5O. The molecule has 0 aromatic heterocycles. The Hall–Kier alpha value is -1.30. The van der Waals surface area contributed by atoms with Gasteiger partial charge < -0.3 is 21.3 Å². The van der Waals surface area contributed by atoms with E-state index in [2.05, 4.69) is 20.5 Å². The van der Waals surface area contributed by atoms with Crippen molar-refractivity contribution >= 4 is 11.9 Å². The minimum atomic E-state index is -0.159. The summed E-state index contributed by atoms with van der Waals surface area (Å²) in [5, 5.41) is 6.19. The molecule has 1 fully saturated rings. The van der Waals surface area contributed by atoms with E-state index in [0.717, 1.165) is 51.4 Å². The van der Waals surface area contributed by atoms with E-state index in [4.69, 9.17) is 5.73 Å². The largest absolute Gasteiger partial charge is 0.369 e. The molecule has 1 rings (SSSR count). The Labute approximate surface area is 109 Å². The average molecular weight is 255 g/mol. The summed E-state index contributed by atoms with van der Waals surface area (Å²) in [6, 6.07) is 0. The fourth-order valence-electron chi connectivity index (χ4n) is 2.28. The van der Waals surface area contributed by atoms with Crippen LogP contribution in [0.25, 0.3) is 0 Å².